The summed E-state index contributed by atoms with van der Waals surface area (Å²) >= 11 is 0. The van der Waals surface area contributed by atoms with Crippen LogP contribution in [0.1, 0.15) is 5.56 Å². The second kappa shape index (κ2) is 8.15. The Kier molecular flexibility index (Phi) is 5.85. The molecule has 1 heterocycles. The van der Waals surface area contributed by atoms with Gasteiger partial charge in [-0.05, 0) is 35.9 Å². The maximum absolute atomic E-state index is 13.8. The Bertz CT molecular complexity index is 997. The molecule has 1 aliphatic rings. The molecular weight excluding hydrogens is 393 g/mol. The number of sulfonamides is 1. The summed E-state index contributed by atoms with van der Waals surface area (Å²) in [5.41, 5.74) is 0.518. The van der Waals surface area contributed by atoms with Crippen molar-refractivity contribution in [1.82, 2.24) is 9.21 Å². The minimum atomic E-state index is -4.35. The molecule has 2 aromatic rings. The molecule has 0 bridgehead atoms. The van der Waals surface area contributed by atoms with Gasteiger partial charge in [0.25, 0.3) is 0 Å². The first-order valence-electron chi connectivity index (χ1n) is 8.46. The molecule has 28 heavy (non-hydrogen) atoms. The fraction of sp³-hybridized carbons (Fsp3) is 0.211. The largest absolute Gasteiger partial charge is 0.337 e. The van der Waals surface area contributed by atoms with Crippen LogP contribution in [0.15, 0.2) is 53.4 Å². The highest BCUT2D eigenvalue weighted by Gasteiger charge is 2.33. The molecule has 1 aliphatic heterocycles. The fourth-order valence-electron chi connectivity index (χ4n) is 2.89. The van der Waals surface area contributed by atoms with Crippen LogP contribution in [0.2, 0.25) is 0 Å². The van der Waals surface area contributed by atoms with E-state index in [1.807, 2.05) is 0 Å². The minimum absolute atomic E-state index is 0.0711. The highest BCUT2D eigenvalue weighted by Crippen LogP contribution is 2.23. The summed E-state index contributed by atoms with van der Waals surface area (Å²) in [6.07, 6.45) is 2.73. The first kappa shape index (κ1) is 20.1. The van der Waals surface area contributed by atoms with Gasteiger partial charge < -0.3 is 4.90 Å². The van der Waals surface area contributed by atoms with Crippen molar-refractivity contribution in [2.75, 3.05) is 26.2 Å². The normalized spacial score (nSPS) is 15.9. The van der Waals surface area contributed by atoms with Crippen LogP contribution in [0.4, 0.5) is 13.2 Å². The first-order chi connectivity index (χ1) is 13.3. The van der Waals surface area contributed by atoms with E-state index in [1.165, 1.54) is 35.3 Å². The molecule has 0 N–H and O–H groups in total. The van der Waals surface area contributed by atoms with Crippen LogP contribution in [-0.2, 0) is 14.8 Å². The molecule has 2 aromatic carbocycles. The van der Waals surface area contributed by atoms with Gasteiger partial charge in [-0.25, -0.2) is 21.6 Å². The predicted octanol–water partition coefficient (Wildman–Crippen LogP) is 2.65. The highest BCUT2D eigenvalue weighted by atomic mass is 32.2. The van der Waals surface area contributed by atoms with Crippen molar-refractivity contribution in [3.05, 3.63) is 71.6 Å². The van der Waals surface area contributed by atoms with Crippen molar-refractivity contribution in [2.45, 2.75) is 4.90 Å². The molecule has 9 heteroatoms. The Hall–Kier alpha value is -2.65. The standard InChI is InChI=1S/C19H17F3N2O3S/c20-15-4-1-3-14(13-15)7-8-18(25)23-9-11-24(12-10-23)28(26,27)19-16(21)5-2-6-17(19)22/h1-8,13H,9-12H2. The van der Waals surface area contributed by atoms with Gasteiger partial charge in [0.2, 0.25) is 15.9 Å². The quantitative estimate of drug-likeness (QED) is 0.729. The van der Waals surface area contributed by atoms with E-state index >= 15 is 0 Å². The molecule has 148 valence electrons. The Morgan fingerprint density at radius 3 is 2.14 bits per heavy atom. The van der Waals surface area contributed by atoms with E-state index in [2.05, 4.69) is 0 Å². The Labute approximate surface area is 160 Å². The SMILES string of the molecule is O=C(C=Cc1cccc(F)c1)N1CCN(S(=O)(=O)c2c(F)cccc2F)CC1. The average Bonchev–Trinajstić information content (AvgIpc) is 2.66. The predicted molar refractivity (Wildman–Crippen MR) is 97.1 cm³/mol. The van der Waals surface area contributed by atoms with Gasteiger partial charge in [-0.2, -0.15) is 4.31 Å². The van der Waals surface area contributed by atoms with E-state index in [4.69, 9.17) is 0 Å². The number of hydrogen-bond donors (Lipinski definition) is 0. The van der Waals surface area contributed by atoms with Crippen LogP contribution >= 0.6 is 0 Å². The Morgan fingerprint density at radius 1 is 0.929 bits per heavy atom. The molecular formula is C19H17F3N2O3S. The summed E-state index contributed by atoms with van der Waals surface area (Å²) in [6, 6.07) is 8.57. The summed E-state index contributed by atoms with van der Waals surface area (Å²) in [6.45, 7) is -0.0332. The number of hydrogen-bond acceptors (Lipinski definition) is 3. The van der Waals surface area contributed by atoms with E-state index < -0.39 is 32.4 Å². The van der Waals surface area contributed by atoms with Gasteiger partial charge in [-0.1, -0.05) is 18.2 Å². The maximum atomic E-state index is 13.8. The average molecular weight is 410 g/mol. The van der Waals surface area contributed by atoms with Crippen molar-refractivity contribution in [3.8, 4) is 0 Å². The summed E-state index contributed by atoms with van der Waals surface area (Å²) < 4.78 is 66.9. The third-order valence-corrected chi connectivity index (χ3v) is 6.29. The number of piperazine rings is 1. The summed E-state index contributed by atoms with van der Waals surface area (Å²) in [5.74, 6) is -3.10. The highest BCUT2D eigenvalue weighted by molar-refractivity contribution is 7.89. The molecule has 0 atom stereocenters. The second-order valence-electron chi connectivity index (χ2n) is 6.17. The number of carbonyl (C=O) groups is 1. The van der Waals surface area contributed by atoms with Gasteiger partial charge in [0, 0.05) is 32.3 Å². The molecule has 0 aliphatic carbocycles. The van der Waals surface area contributed by atoms with E-state index in [9.17, 15) is 26.4 Å². The van der Waals surface area contributed by atoms with Crippen molar-refractivity contribution in [2.24, 2.45) is 0 Å². The lowest BCUT2D eigenvalue weighted by Crippen LogP contribution is -2.50. The van der Waals surface area contributed by atoms with Crippen molar-refractivity contribution >= 4 is 22.0 Å². The number of halogens is 3. The van der Waals surface area contributed by atoms with Gasteiger partial charge in [-0.15, -0.1) is 0 Å². The van der Waals surface area contributed by atoms with Crippen LogP contribution in [0, 0.1) is 17.5 Å². The summed E-state index contributed by atoms with van der Waals surface area (Å²) in [4.78, 5) is 12.7. The minimum Gasteiger partial charge on any atom is -0.337 e. The topological polar surface area (TPSA) is 57.7 Å². The molecule has 1 fully saturated rings. The van der Waals surface area contributed by atoms with Crippen LogP contribution in [-0.4, -0.2) is 49.7 Å². The molecule has 1 amide bonds. The molecule has 1 saturated heterocycles. The van der Waals surface area contributed by atoms with Gasteiger partial charge in [0.1, 0.15) is 17.5 Å². The van der Waals surface area contributed by atoms with Crippen LogP contribution in [0.3, 0.4) is 0 Å². The van der Waals surface area contributed by atoms with E-state index in [0.717, 1.165) is 22.5 Å². The molecule has 0 spiro atoms. The van der Waals surface area contributed by atoms with Crippen molar-refractivity contribution in [1.29, 1.82) is 0 Å². The van der Waals surface area contributed by atoms with Crippen LogP contribution in [0.5, 0.6) is 0 Å². The number of benzene rings is 2. The van der Waals surface area contributed by atoms with Gasteiger partial charge >= 0.3 is 0 Å². The summed E-state index contributed by atoms with van der Waals surface area (Å²) in [5, 5.41) is 0. The van der Waals surface area contributed by atoms with E-state index in [0.29, 0.717) is 5.56 Å². The third kappa shape index (κ3) is 4.26. The molecule has 0 aromatic heterocycles. The van der Waals surface area contributed by atoms with Gasteiger partial charge in [0.15, 0.2) is 4.90 Å². The maximum Gasteiger partial charge on any atom is 0.249 e. The number of rotatable bonds is 4. The number of carbonyl (C=O) groups excluding carboxylic acids is 1. The number of nitrogens with zero attached hydrogens (tertiary/aromatic N) is 2. The molecule has 0 unspecified atom stereocenters. The lowest BCUT2D eigenvalue weighted by molar-refractivity contribution is -0.127. The first-order valence-corrected chi connectivity index (χ1v) is 9.90. The third-order valence-electron chi connectivity index (χ3n) is 4.33. The molecule has 3 rings (SSSR count). The second-order valence-corrected chi connectivity index (χ2v) is 8.04. The number of amides is 1. The molecule has 0 saturated carbocycles. The monoisotopic (exact) mass is 410 g/mol. The van der Waals surface area contributed by atoms with Crippen LogP contribution in [0.25, 0.3) is 6.08 Å². The van der Waals surface area contributed by atoms with Gasteiger partial charge in [-0.3, -0.25) is 4.79 Å². The smallest absolute Gasteiger partial charge is 0.249 e. The fourth-order valence-corrected chi connectivity index (χ4v) is 4.42. The van der Waals surface area contributed by atoms with Crippen molar-refractivity contribution < 1.29 is 26.4 Å². The zero-order chi connectivity index (χ0) is 20.3. The zero-order valence-corrected chi connectivity index (χ0v) is 15.5. The lowest BCUT2D eigenvalue weighted by atomic mass is 10.2. The lowest BCUT2D eigenvalue weighted by Gasteiger charge is -2.33. The van der Waals surface area contributed by atoms with E-state index in [-0.39, 0.29) is 32.1 Å². The van der Waals surface area contributed by atoms with Crippen molar-refractivity contribution in [3.63, 3.8) is 0 Å². The molecule has 5 nitrogen and oxygen atoms in total. The van der Waals surface area contributed by atoms with E-state index in [1.54, 1.807) is 6.07 Å². The Balaban J connectivity index is 1.66. The van der Waals surface area contributed by atoms with Crippen LogP contribution < -0.4 is 0 Å². The summed E-state index contributed by atoms with van der Waals surface area (Å²) in [7, 11) is -4.35. The zero-order valence-electron chi connectivity index (χ0n) is 14.7. The van der Waals surface area contributed by atoms with Gasteiger partial charge in [0.05, 0.1) is 0 Å². The Morgan fingerprint density at radius 2 is 1.54 bits per heavy atom. The molecule has 0 radical (unpaired) electrons.